The van der Waals surface area contributed by atoms with Crippen molar-refractivity contribution in [2.75, 3.05) is 19.6 Å². The van der Waals surface area contributed by atoms with Crippen molar-refractivity contribution in [3.8, 4) is 0 Å². The average Bonchev–Trinajstić information content (AvgIpc) is 2.57. The third kappa shape index (κ3) is 1.57. The SMILES string of the molecule is Cc1ccc(C2CCN3CC(=O)C2C3)cc1. The van der Waals surface area contributed by atoms with Crippen molar-refractivity contribution in [1.29, 1.82) is 0 Å². The Balaban J connectivity index is 1.89. The van der Waals surface area contributed by atoms with E-state index in [1.54, 1.807) is 0 Å². The minimum Gasteiger partial charge on any atom is -0.298 e. The number of Topliss-reactive ketones (excluding diaryl/α,β-unsaturated/α-hetero) is 1. The number of fused-ring (bicyclic) bond motifs is 2. The van der Waals surface area contributed by atoms with Crippen LogP contribution in [0.1, 0.15) is 23.5 Å². The van der Waals surface area contributed by atoms with Crippen molar-refractivity contribution in [1.82, 2.24) is 4.90 Å². The summed E-state index contributed by atoms with van der Waals surface area (Å²) in [6.07, 6.45) is 1.14. The molecule has 0 N–H and O–H groups in total. The molecular weight excluding hydrogens is 198 g/mol. The fourth-order valence-electron chi connectivity index (χ4n) is 3.04. The van der Waals surface area contributed by atoms with E-state index in [4.69, 9.17) is 0 Å². The fourth-order valence-corrected chi connectivity index (χ4v) is 3.04. The van der Waals surface area contributed by atoms with Crippen LogP contribution in [0.5, 0.6) is 0 Å². The molecule has 2 heterocycles. The third-order valence-corrected chi connectivity index (χ3v) is 4.00. The van der Waals surface area contributed by atoms with Gasteiger partial charge in [-0.3, -0.25) is 9.69 Å². The molecule has 0 aromatic heterocycles. The van der Waals surface area contributed by atoms with Gasteiger partial charge in [-0.1, -0.05) is 29.8 Å². The van der Waals surface area contributed by atoms with Gasteiger partial charge < -0.3 is 0 Å². The molecule has 2 nitrogen and oxygen atoms in total. The summed E-state index contributed by atoms with van der Waals surface area (Å²) in [7, 11) is 0. The van der Waals surface area contributed by atoms with Crippen LogP contribution in [0, 0.1) is 12.8 Å². The molecule has 2 fully saturated rings. The van der Waals surface area contributed by atoms with E-state index in [-0.39, 0.29) is 5.92 Å². The van der Waals surface area contributed by atoms with E-state index in [0.717, 1.165) is 19.5 Å². The molecule has 0 radical (unpaired) electrons. The van der Waals surface area contributed by atoms with Crippen LogP contribution in [0.2, 0.25) is 0 Å². The maximum Gasteiger partial charge on any atom is 0.151 e. The maximum absolute atomic E-state index is 11.9. The highest BCUT2D eigenvalue weighted by molar-refractivity contribution is 5.86. The van der Waals surface area contributed by atoms with E-state index < -0.39 is 0 Å². The number of hydrogen-bond donors (Lipinski definition) is 0. The lowest BCUT2D eigenvalue weighted by Gasteiger charge is -2.29. The minimum absolute atomic E-state index is 0.261. The summed E-state index contributed by atoms with van der Waals surface area (Å²) in [6, 6.07) is 8.70. The Morgan fingerprint density at radius 1 is 1.19 bits per heavy atom. The van der Waals surface area contributed by atoms with Crippen molar-refractivity contribution >= 4 is 5.78 Å². The van der Waals surface area contributed by atoms with Crippen LogP contribution in [0.4, 0.5) is 0 Å². The summed E-state index contributed by atoms with van der Waals surface area (Å²) in [4.78, 5) is 14.2. The fraction of sp³-hybridized carbons (Fsp3) is 0.500. The van der Waals surface area contributed by atoms with Gasteiger partial charge in [0, 0.05) is 12.5 Å². The predicted octanol–water partition coefficient (Wildman–Crippen LogP) is 1.98. The first-order valence-electron chi connectivity index (χ1n) is 6.05. The lowest BCUT2D eigenvalue weighted by Crippen LogP contribution is -2.31. The molecule has 3 atom stereocenters. The number of aryl methyl sites for hydroxylation is 1. The summed E-state index contributed by atoms with van der Waals surface area (Å²) in [5, 5.41) is 0. The zero-order valence-corrected chi connectivity index (χ0v) is 9.65. The van der Waals surface area contributed by atoms with Gasteiger partial charge in [0.25, 0.3) is 0 Å². The van der Waals surface area contributed by atoms with Crippen molar-refractivity contribution in [2.24, 2.45) is 5.92 Å². The molecule has 2 aliphatic heterocycles. The van der Waals surface area contributed by atoms with Gasteiger partial charge in [-0.25, -0.2) is 0 Å². The van der Waals surface area contributed by atoms with Gasteiger partial charge in [0.15, 0.2) is 5.78 Å². The monoisotopic (exact) mass is 215 g/mol. The number of ketones is 1. The van der Waals surface area contributed by atoms with Crippen LogP contribution in [-0.4, -0.2) is 30.3 Å². The van der Waals surface area contributed by atoms with Crippen LogP contribution in [-0.2, 0) is 4.79 Å². The highest BCUT2D eigenvalue weighted by Gasteiger charge is 2.40. The van der Waals surface area contributed by atoms with Gasteiger partial charge in [0.1, 0.15) is 0 Å². The van der Waals surface area contributed by atoms with Crippen LogP contribution < -0.4 is 0 Å². The van der Waals surface area contributed by atoms with E-state index >= 15 is 0 Å². The Labute approximate surface area is 96.3 Å². The summed E-state index contributed by atoms with van der Waals surface area (Å²) < 4.78 is 0. The van der Waals surface area contributed by atoms with E-state index in [9.17, 15) is 4.79 Å². The first kappa shape index (κ1) is 10.0. The van der Waals surface area contributed by atoms with Crippen LogP contribution in [0.3, 0.4) is 0 Å². The summed E-state index contributed by atoms with van der Waals surface area (Å²) >= 11 is 0. The van der Waals surface area contributed by atoms with E-state index in [1.165, 1.54) is 11.1 Å². The van der Waals surface area contributed by atoms with Crippen molar-refractivity contribution < 1.29 is 4.79 Å². The second-order valence-corrected chi connectivity index (χ2v) is 5.11. The van der Waals surface area contributed by atoms with Gasteiger partial charge in [-0.15, -0.1) is 0 Å². The number of hydrogen-bond acceptors (Lipinski definition) is 2. The molecule has 2 saturated heterocycles. The van der Waals surface area contributed by atoms with E-state index in [0.29, 0.717) is 18.2 Å². The molecule has 0 amide bonds. The Morgan fingerprint density at radius 3 is 2.69 bits per heavy atom. The number of piperidine rings is 1. The van der Waals surface area contributed by atoms with Crippen molar-refractivity contribution in [3.63, 3.8) is 0 Å². The average molecular weight is 215 g/mol. The smallest absolute Gasteiger partial charge is 0.151 e. The number of carbonyl (C=O) groups excluding carboxylic acids is 1. The molecule has 2 bridgehead atoms. The maximum atomic E-state index is 11.9. The minimum atomic E-state index is 0.261. The largest absolute Gasteiger partial charge is 0.298 e. The molecular formula is C14H17NO. The summed E-state index contributed by atoms with van der Waals surface area (Å²) in [5.74, 6) is 1.17. The Morgan fingerprint density at radius 2 is 1.94 bits per heavy atom. The molecule has 0 saturated carbocycles. The molecule has 3 rings (SSSR count). The van der Waals surface area contributed by atoms with Crippen molar-refractivity contribution in [3.05, 3.63) is 35.4 Å². The van der Waals surface area contributed by atoms with E-state index in [2.05, 4.69) is 36.1 Å². The standard InChI is InChI=1S/C14H17NO/c1-10-2-4-11(5-3-10)12-6-7-15-8-13(12)14(16)9-15/h2-5,12-13H,6-9H2,1H3. The summed E-state index contributed by atoms with van der Waals surface area (Å²) in [5.41, 5.74) is 2.64. The number of benzene rings is 1. The topological polar surface area (TPSA) is 20.3 Å². The Bertz CT molecular complexity index is 409. The first-order chi connectivity index (χ1) is 7.74. The molecule has 0 aliphatic carbocycles. The van der Waals surface area contributed by atoms with Gasteiger partial charge in [-0.05, 0) is 31.4 Å². The third-order valence-electron chi connectivity index (χ3n) is 4.00. The lowest BCUT2D eigenvalue weighted by molar-refractivity contribution is -0.120. The van der Waals surface area contributed by atoms with Gasteiger partial charge in [-0.2, -0.15) is 0 Å². The van der Waals surface area contributed by atoms with Gasteiger partial charge in [0.2, 0.25) is 0 Å². The molecule has 84 valence electrons. The zero-order valence-electron chi connectivity index (χ0n) is 9.65. The highest BCUT2D eigenvalue weighted by Crippen LogP contribution is 2.37. The second kappa shape index (κ2) is 3.70. The predicted molar refractivity (Wildman–Crippen MR) is 63.5 cm³/mol. The first-order valence-corrected chi connectivity index (χ1v) is 6.05. The number of rotatable bonds is 1. The van der Waals surface area contributed by atoms with E-state index in [1.807, 2.05) is 0 Å². The van der Waals surface area contributed by atoms with Gasteiger partial charge >= 0.3 is 0 Å². The number of carbonyl (C=O) groups is 1. The van der Waals surface area contributed by atoms with Crippen LogP contribution >= 0.6 is 0 Å². The van der Waals surface area contributed by atoms with Crippen molar-refractivity contribution in [2.45, 2.75) is 19.3 Å². The normalized spacial score (nSPS) is 33.1. The molecule has 2 aliphatic rings. The lowest BCUT2D eigenvalue weighted by atomic mass is 9.81. The Kier molecular flexibility index (Phi) is 2.32. The quantitative estimate of drug-likeness (QED) is 0.714. The van der Waals surface area contributed by atoms with Crippen LogP contribution in [0.25, 0.3) is 0 Å². The van der Waals surface area contributed by atoms with Gasteiger partial charge in [0.05, 0.1) is 6.54 Å². The molecule has 0 spiro atoms. The highest BCUT2D eigenvalue weighted by atomic mass is 16.1. The molecule has 2 heteroatoms. The molecule has 1 aromatic rings. The Hall–Kier alpha value is -1.15. The molecule has 1 aromatic carbocycles. The number of nitrogens with zero attached hydrogens (tertiary/aromatic N) is 1. The van der Waals surface area contributed by atoms with Crippen LogP contribution in [0.15, 0.2) is 24.3 Å². The second-order valence-electron chi connectivity index (χ2n) is 5.11. The zero-order chi connectivity index (χ0) is 11.1. The summed E-state index contributed by atoms with van der Waals surface area (Å²) in [6.45, 7) is 4.86. The molecule has 16 heavy (non-hydrogen) atoms. The molecule has 3 unspecified atom stereocenters.